The number of aliphatic hydroxyl groups excluding tert-OH is 1. The summed E-state index contributed by atoms with van der Waals surface area (Å²) in [5.74, 6) is -0.882. The van der Waals surface area contributed by atoms with Crippen molar-refractivity contribution in [1.29, 1.82) is 0 Å². The summed E-state index contributed by atoms with van der Waals surface area (Å²) in [6.45, 7) is 0.648. The molecule has 2 aromatic carbocycles. The second kappa shape index (κ2) is 11.8. The number of likely N-dealkylation sites (tertiary alicyclic amines) is 1. The molecule has 1 amide bonds. The fourth-order valence-corrected chi connectivity index (χ4v) is 3.91. The van der Waals surface area contributed by atoms with Crippen LogP contribution < -0.4 is 0 Å². The van der Waals surface area contributed by atoms with E-state index in [0.29, 0.717) is 31.0 Å². The topological polar surface area (TPSA) is 87.1 Å². The van der Waals surface area contributed by atoms with Crippen LogP contribution in [0.2, 0.25) is 5.02 Å². The Hall–Kier alpha value is -2.67. The molecule has 0 aromatic heterocycles. The van der Waals surface area contributed by atoms with E-state index in [1.807, 2.05) is 59.5 Å². The molecule has 2 aromatic rings. The van der Waals surface area contributed by atoms with Crippen molar-refractivity contribution in [1.82, 2.24) is 4.90 Å². The van der Waals surface area contributed by atoms with Gasteiger partial charge in [0.05, 0.1) is 12.1 Å². The van der Waals surface area contributed by atoms with Gasteiger partial charge in [0.15, 0.2) is 0 Å². The normalized spacial score (nSPS) is 17.2. The minimum absolute atomic E-state index is 0.0449. The molecule has 2 atom stereocenters. The summed E-state index contributed by atoms with van der Waals surface area (Å²) in [6.07, 6.45) is 5.52. The van der Waals surface area contributed by atoms with Gasteiger partial charge in [0.2, 0.25) is 5.91 Å². The standard InChI is InChI=1S/C25H28ClNO5/c26-21-8-6-18(7-9-21)19-4-3-5-20(16-19)23(28)12-10-22-11-13-24(29)27(22)14-1-2-15-32-17-25(30)31/h3-10,12,16,22-23,28H,1-2,11,13-15,17H2,(H,30,31)/t22?,23-/m1/s1. The van der Waals surface area contributed by atoms with Crippen molar-refractivity contribution in [3.8, 4) is 11.1 Å². The minimum atomic E-state index is -0.984. The molecule has 0 spiro atoms. The summed E-state index contributed by atoms with van der Waals surface area (Å²) in [5, 5.41) is 19.9. The molecule has 0 saturated carbocycles. The largest absolute Gasteiger partial charge is 0.480 e. The van der Waals surface area contributed by atoms with Gasteiger partial charge >= 0.3 is 5.97 Å². The average molecular weight is 458 g/mol. The number of unbranched alkanes of at least 4 members (excludes halogenated alkanes) is 1. The number of hydrogen-bond acceptors (Lipinski definition) is 4. The Balaban J connectivity index is 1.56. The van der Waals surface area contributed by atoms with E-state index in [-0.39, 0.29) is 18.6 Å². The number of carboxylic acids is 1. The van der Waals surface area contributed by atoms with Gasteiger partial charge in [-0.05, 0) is 54.2 Å². The van der Waals surface area contributed by atoms with E-state index in [2.05, 4.69) is 0 Å². The molecule has 1 saturated heterocycles. The molecule has 0 bridgehead atoms. The number of carbonyl (C=O) groups is 2. The molecule has 0 radical (unpaired) electrons. The van der Waals surface area contributed by atoms with Gasteiger partial charge in [0.25, 0.3) is 0 Å². The molecule has 1 aliphatic rings. The number of carboxylic acid groups (broad SMARTS) is 1. The first-order chi connectivity index (χ1) is 15.4. The maximum atomic E-state index is 12.2. The Morgan fingerprint density at radius 2 is 1.97 bits per heavy atom. The lowest BCUT2D eigenvalue weighted by Crippen LogP contribution is -2.32. The maximum absolute atomic E-state index is 12.2. The van der Waals surface area contributed by atoms with Crippen molar-refractivity contribution in [3.05, 3.63) is 71.3 Å². The highest BCUT2D eigenvalue weighted by atomic mass is 35.5. The molecule has 1 heterocycles. The number of aliphatic hydroxyl groups is 1. The molecule has 7 heteroatoms. The highest BCUT2D eigenvalue weighted by molar-refractivity contribution is 6.30. The van der Waals surface area contributed by atoms with E-state index in [4.69, 9.17) is 21.4 Å². The second-order valence-corrected chi connectivity index (χ2v) is 8.25. The van der Waals surface area contributed by atoms with Crippen LogP contribution in [0.5, 0.6) is 0 Å². The van der Waals surface area contributed by atoms with E-state index < -0.39 is 12.1 Å². The highest BCUT2D eigenvalue weighted by Gasteiger charge is 2.28. The van der Waals surface area contributed by atoms with Gasteiger partial charge in [-0.15, -0.1) is 0 Å². The molecule has 1 unspecified atom stereocenters. The van der Waals surface area contributed by atoms with Crippen LogP contribution in [0.1, 0.15) is 37.4 Å². The van der Waals surface area contributed by atoms with Crippen LogP contribution in [0.4, 0.5) is 0 Å². The lowest BCUT2D eigenvalue weighted by atomic mass is 10.00. The molecular formula is C25H28ClNO5. The van der Waals surface area contributed by atoms with Gasteiger partial charge in [0, 0.05) is 24.6 Å². The Kier molecular flexibility index (Phi) is 8.85. The third kappa shape index (κ3) is 6.92. The van der Waals surface area contributed by atoms with Crippen LogP contribution in [0.15, 0.2) is 60.7 Å². The van der Waals surface area contributed by atoms with Crippen LogP contribution in [0.3, 0.4) is 0 Å². The van der Waals surface area contributed by atoms with Crippen LogP contribution in [0, 0.1) is 0 Å². The quantitative estimate of drug-likeness (QED) is 0.384. The van der Waals surface area contributed by atoms with Crippen LogP contribution in [-0.2, 0) is 14.3 Å². The van der Waals surface area contributed by atoms with Gasteiger partial charge in [-0.2, -0.15) is 0 Å². The van der Waals surface area contributed by atoms with Crippen LogP contribution in [0.25, 0.3) is 11.1 Å². The number of hydrogen-bond donors (Lipinski definition) is 2. The Bertz CT molecular complexity index is 944. The number of ether oxygens (including phenoxy) is 1. The Morgan fingerprint density at radius 3 is 2.72 bits per heavy atom. The van der Waals surface area contributed by atoms with E-state index in [0.717, 1.165) is 29.5 Å². The predicted molar refractivity (Wildman–Crippen MR) is 123 cm³/mol. The Labute approximate surface area is 193 Å². The first kappa shape index (κ1) is 24.0. The zero-order valence-electron chi connectivity index (χ0n) is 17.8. The number of aliphatic carboxylic acids is 1. The molecule has 3 rings (SSSR count). The van der Waals surface area contributed by atoms with E-state index in [1.165, 1.54) is 0 Å². The average Bonchev–Trinajstić information content (AvgIpc) is 3.14. The van der Waals surface area contributed by atoms with Gasteiger partial charge in [-0.1, -0.05) is 54.1 Å². The van der Waals surface area contributed by atoms with Crippen molar-refractivity contribution >= 4 is 23.5 Å². The molecule has 2 N–H and O–H groups in total. The maximum Gasteiger partial charge on any atom is 0.329 e. The molecule has 0 aliphatic carbocycles. The van der Waals surface area contributed by atoms with Crippen LogP contribution >= 0.6 is 11.6 Å². The zero-order chi connectivity index (χ0) is 22.9. The predicted octanol–water partition coefficient (Wildman–Crippen LogP) is 4.47. The third-order valence-corrected chi connectivity index (χ3v) is 5.71. The van der Waals surface area contributed by atoms with Crippen molar-refractivity contribution in [3.63, 3.8) is 0 Å². The fourth-order valence-electron chi connectivity index (χ4n) is 3.78. The summed E-state index contributed by atoms with van der Waals surface area (Å²) in [7, 11) is 0. The van der Waals surface area contributed by atoms with E-state index >= 15 is 0 Å². The van der Waals surface area contributed by atoms with Gasteiger partial charge in [-0.25, -0.2) is 4.79 Å². The van der Waals surface area contributed by atoms with Crippen molar-refractivity contribution in [2.75, 3.05) is 19.8 Å². The minimum Gasteiger partial charge on any atom is -0.480 e. The first-order valence-electron chi connectivity index (χ1n) is 10.8. The lowest BCUT2D eigenvalue weighted by Gasteiger charge is -2.22. The molecule has 6 nitrogen and oxygen atoms in total. The molecule has 170 valence electrons. The summed E-state index contributed by atoms with van der Waals surface area (Å²) in [4.78, 5) is 24.5. The van der Waals surface area contributed by atoms with Crippen molar-refractivity contribution in [2.45, 2.75) is 37.8 Å². The smallest absolute Gasteiger partial charge is 0.329 e. The van der Waals surface area contributed by atoms with Crippen molar-refractivity contribution in [2.24, 2.45) is 0 Å². The van der Waals surface area contributed by atoms with Crippen molar-refractivity contribution < 1.29 is 24.5 Å². The van der Waals surface area contributed by atoms with Gasteiger partial charge in [-0.3, -0.25) is 4.79 Å². The van der Waals surface area contributed by atoms with Crippen LogP contribution in [-0.4, -0.2) is 52.8 Å². The Morgan fingerprint density at radius 1 is 1.19 bits per heavy atom. The monoisotopic (exact) mass is 457 g/mol. The second-order valence-electron chi connectivity index (χ2n) is 7.81. The van der Waals surface area contributed by atoms with E-state index in [9.17, 15) is 14.7 Å². The van der Waals surface area contributed by atoms with E-state index in [1.54, 1.807) is 6.08 Å². The van der Waals surface area contributed by atoms with Gasteiger partial charge in [0.1, 0.15) is 6.61 Å². The highest BCUT2D eigenvalue weighted by Crippen LogP contribution is 2.26. The summed E-state index contributed by atoms with van der Waals surface area (Å²) in [5.41, 5.74) is 2.79. The molecular weight excluding hydrogens is 430 g/mol. The fraction of sp³-hybridized carbons (Fsp3) is 0.360. The number of carbonyl (C=O) groups excluding carboxylic acids is 1. The zero-order valence-corrected chi connectivity index (χ0v) is 18.6. The number of nitrogens with zero attached hydrogens (tertiary/aromatic N) is 1. The number of amides is 1. The molecule has 32 heavy (non-hydrogen) atoms. The third-order valence-electron chi connectivity index (χ3n) is 5.46. The summed E-state index contributed by atoms with van der Waals surface area (Å²) in [6, 6.07) is 15.2. The number of benzene rings is 2. The molecule has 1 fully saturated rings. The SMILES string of the molecule is O=C(O)COCCCCN1C(=O)CCC1C=C[C@@H](O)c1cccc(-c2ccc(Cl)cc2)c1. The van der Waals surface area contributed by atoms with Gasteiger partial charge < -0.3 is 19.8 Å². The lowest BCUT2D eigenvalue weighted by molar-refractivity contribution is -0.142. The summed E-state index contributed by atoms with van der Waals surface area (Å²) < 4.78 is 5.03. The first-order valence-corrected chi connectivity index (χ1v) is 11.1. The number of halogens is 1. The summed E-state index contributed by atoms with van der Waals surface area (Å²) >= 11 is 5.97. The molecule has 1 aliphatic heterocycles. The number of rotatable bonds is 11.